The van der Waals surface area contributed by atoms with Gasteiger partial charge in [0.15, 0.2) is 0 Å². The van der Waals surface area contributed by atoms with Crippen molar-refractivity contribution in [2.75, 3.05) is 6.54 Å². The van der Waals surface area contributed by atoms with E-state index in [2.05, 4.69) is 19.2 Å². The first kappa shape index (κ1) is 19.2. The Balaban J connectivity index is 0.00000361. The van der Waals surface area contributed by atoms with E-state index in [1.165, 1.54) is 0 Å². The molecule has 1 aromatic carbocycles. The van der Waals surface area contributed by atoms with Gasteiger partial charge in [-0.1, -0.05) is 25.4 Å². The summed E-state index contributed by atoms with van der Waals surface area (Å²) in [6.45, 7) is 8.52. The highest BCUT2D eigenvalue weighted by molar-refractivity contribution is 6.31. The van der Waals surface area contributed by atoms with E-state index in [4.69, 9.17) is 17.3 Å². The van der Waals surface area contributed by atoms with Crippen LogP contribution in [0.3, 0.4) is 0 Å². The Morgan fingerprint density at radius 3 is 2.50 bits per heavy atom. The van der Waals surface area contributed by atoms with Crippen LogP contribution in [0, 0.1) is 12.8 Å². The monoisotopic (exact) mass is 318 g/mol. The standard InChI is InChI=1S/C15H23ClN2O.ClH/c1-10(2)8-15(4,9-17)18-14(19)12-5-6-13(16)11(3)7-12;/h5-7,10H,8-9,17H2,1-4H3,(H,18,19);1H. The number of benzene rings is 1. The number of rotatable bonds is 5. The first-order valence-corrected chi connectivity index (χ1v) is 6.94. The summed E-state index contributed by atoms with van der Waals surface area (Å²) in [6.07, 6.45) is 0.849. The molecule has 3 nitrogen and oxygen atoms in total. The Labute approximate surface area is 132 Å². The molecule has 3 N–H and O–H groups in total. The lowest BCUT2D eigenvalue weighted by Gasteiger charge is -2.31. The minimum absolute atomic E-state index is 0. The Hall–Kier alpha value is -0.770. The van der Waals surface area contributed by atoms with E-state index in [-0.39, 0.29) is 23.9 Å². The summed E-state index contributed by atoms with van der Waals surface area (Å²) >= 11 is 5.96. The molecule has 0 saturated heterocycles. The maximum absolute atomic E-state index is 12.3. The summed E-state index contributed by atoms with van der Waals surface area (Å²) < 4.78 is 0. The highest BCUT2D eigenvalue weighted by Crippen LogP contribution is 2.19. The van der Waals surface area contributed by atoms with Crippen LogP contribution < -0.4 is 11.1 Å². The fourth-order valence-electron chi connectivity index (χ4n) is 2.22. The third kappa shape index (κ3) is 5.31. The van der Waals surface area contributed by atoms with Gasteiger partial charge in [-0.2, -0.15) is 0 Å². The molecule has 0 heterocycles. The van der Waals surface area contributed by atoms with Crippen LogP contribution in [-0.2, 0) is 0 Å². The van der Waals surface area contributed by atoms with Gasteiger partial charge in [-0.05, 0) is 49.9 Å². The minimum atomic E-state index is -0.376. The number of nitrogens with two attached hydrogens (primary N) is 1. The van der Waals surface area contributed by atoms with Crippen molar-refractivity contribution in [1.29, 1.82) is 0 Å². The topological polar surface area (TPSA) is 55.1 Å². The van der Waals surface area contributed by atoms with Gasteiger partial charge in [0.25, 0.3) is 5.91 Å². The summed E-state index contributed by atoms with van der Waals surface area (Å²) in [7, 11) is 0. The molecule has 0 spiro atoms. The molecule has 0 aromatic heterocycles. The highest BCUT2D eigenvalue weighted by atomic mass is 35.5. The van der Waals surface area contributed by atoms with Crippen LogP contribution in [0.2, 0.25) is 5.02 Å². The first-order valence-electron chi connectivity index (χ1n) is 6.56. The molecule has 5 heteroatoms. The number of nitrogens with one attached hydrogen (secondary N) is 1. The lowest BCUT2D eigenvalue weighted by molar-refractivity contribution is 0.0898. The Morgan fingerprint density at radius 2 is 2.05 bits per heavy atom. The second kappa shape index (κ2) is 7.87. The normalized spacial score (nSPS) is 13.6. The van der Waals surface area contributed by atoms with E-state index < -0.39 is 0 Å². The summed E-state index contributed by atoms with van der Waals surface area (Å²) in [5, 5.41) is 3.70. The molecule has 114 valence electrons. The third-order valence-corrected chi connectivity index (χ3v) is 3.57. The molecule has 0 bridgehead atoms. The smallest absolute Gasteiger partial charge is 0.251 e. The zero-order valence-corrected chi connectivity index (χ0v) is 14.1. The van der Waals surface area contributed by atoms with Crippen LogP contribution in [-0.4, -0.2) is 18.0 Å². The molecular formula is C15H24Cl2N2O. The maximum atomic E-state index is 12.3. The number of halogens is 2. The number of aryl methyl sites for hydroxylation is 1. The van der Waals surface area contributed by atoms with E-state index in [1.54, 1.807) is 18.2 Å². The van der Waals surface area contributed by atoms with Crippen molar-refractivity contribution in [1.82, 2.24) is 5.32 Å². The molecule has 1 rings (SSSR count). The van der Waals surface area contributed by atoms with Gasteiger partial charge in [-0.25, -0.2) is 0 Å². The summed E-state index contributed by atoms with van der Waals surface area (Å²) in [6, 6.07) is 5.27. The van der Waals surface area contributed by atoms with Crippen molar-refractivity contribution in [2.45, 2.75) is 39.7 Å². The summed E-state index contributed by atoms with van der Waals surface area (Å²) in [5.41, 5.74) is 6.94. The summed E-state index contributed by atoms with van der Waals surface area (Å²) in [5.74, 6) is 0.370. The predicted molar refractivity (Wildman–Crippen MR) is 87.8 cm³/mol. The van der Waals surface area contributed by atoms with Crippen molar-refractivity contribution in [3.63, 3.8) is 0 Å². The molecule has 1 amide bonds. The Kier molecular flexibility index (Phi) is 7.56. The van der Waals surface area contributed by atoms with Gasteiger partial charge in [0.05, 0.1) is 0 Å². The molecule has 0 saturated carbocycles. The third-order valence-electron chi connectivity index (χ3n) is 3.14. The van der Waals surface area contributed by atoms with E-state index in [0.29, 0.717) is 23.0 Å². The fourth-order valence-corrected chi connectivity index (χ4v) is 2.34. The van der Waals surface area contributed by atoms with Crippen molar-refractivity contribution in [3.05, 3.63) is 34.3 Å². The van der Waals surface area contributed by atoms with Crippen molar-refractivity contribution in [3.8, 4) is 0 Å². The van der Waals surface area contributed by atoms with Gasteiger partial charge >= 0.3 is 0 Å². The van der Waals surface area contributed by atoms with Gasteiger partial charge in [-0.15, -0.1) is 12.4 Å². The molecule has 20 heavy (non-hydrogen) atoms. The molecule has 0 aliphatic rings. The molecule has 0 fully saturated rings. The SMILES string of the molecule is Cc1cc(C(=O)NC(C)(CN)CC(C)C)ccc1Cl.Cl. The summed E-state index contributed by atoms with van der Waals surface area (Å²) in [4.78, 5) is 12.3. The van der Waals surface area contributed by atoms with E-state index in [9.17, 15) is 4.79 Å². The molecule has 0 radical (unpaired) electrons. The number of hydrogen-bond donors (Lipinski definition) is 2. The van der Waals surface area contributed by atoms with Crippen LogP contribution in [0.4, 0.5) is 0 Å². The van der Waals surface area contributed by atoms with Crippen molar-refractivity contribution < 1.29 is 4.79 Å². The first-order chi connectivity index (χ1) is 8.77. The number of carbonyl (C=O) groups excluding carboxylic acids is 1. The van der Waals surface area contributed by atoms with Gasteiger partial charge in [0.2, 0.25) is 0 Å². The zero-order chi connectivity index (χ0) is 14.6. The molecule has 0 aliphatic heterocycles. The fraction of sp³-hybridized carbons (Fsp3) is 0.533. The van der Waals surface area contributed by atoms with Crippen molar-refractivity contribution in [2.24, 2.45) is 11.7 Å². The van der Waals surface area contributed by atoms with Gasteiger partial charge in [0.1, 0.15) is 0 Å². The van der Waals surface area contributed by atoms with E-state index >= 15 is 0 Å². The average Bonchev–Trinajstić information content (AvgIpc) is 2.31. The number of carbonyl (C=O) groups is 1. The van der Waals surface area contributed by atoms with Crippen LogP contribution in [0.25, 0.3) is 0 Å². The van der Waals surface area contributed by atoms with Gasteiger partial charge in [-0.3, -0.25) is 4.79 Å². The van der Waals surface area contributed by atoms with Crippen molar-refractivity contribution >= 4 is 29.9 Å². The minimum Gasteiger partial charge on any atom is -0.346 e. The van der Waals surface area contributed by atoms with Gasteiger partial charge in [0, 0.05) is 22.7 Å². The quantitative estimate of drug-likeness (QED) is 0.872. The average molecular weight is 319 g/mol. The van der Waals surface area contributed by atoms with Crippen LogP contribution in [0.15, 0.2) is 18.2 Å². The van der Waals surface area contributed by atoms with Crippen LogP contribution in [0.5, 0.6) is 0 Å². The molecule has 1 unspecified atom stereocenters. The zero-order valence-electron chi connectivity index (χ0n) is 12.5. The second-order valence-corrected chi connectivity index (χ2v) is 6.19. The number of hydrogen-bond acceptors (Lipinski definition) is 2. The molecule has 0 aliphatic carbocycles. The highest BCUT2D eigenvalue weighted by Gasteiger charge is 2.26. The van der Waals surface area contributed by atoms with Crippen LogP contribution >= 0.6 is 24.0 Å². The van der Waals surface area contributed by atoms with E-state index in [0.717, 1.165) is 12.0 Å². The molecule has 1 atom stereocenters. The van der Waals surface area contributed by atoms with E-state index in [1.807, 2.05) is 13.8 Å². The largest absolute Gasteiger partial charge is 0.346 e. The van der Waals surface area contributed by atoms with Crippen LogP contribution in [0.1, 0.15) is 43.1 Å². The Morgan fingerprint density at radius 1 is 1.45 bits per heavy atom. The lowest BCUT2D eigenvalue weighted by atomic mass is 9.90. The number of amides is 1. The Bertz CT molecular complexity index is 463. The molecular weight excluding hydrogens is 295 g/mol. The molecule has 1 aromatic rings. The second-order valence-electron chi connectivity index (χ2n) is 5.78. The lowest BCUT2D eigenvalue weighted by Crippen LogP contribution is -2.52. The maximum Gasteiger partial charge on any atom is 0.251 e. The van der Waals surface area contributed by atoms with Gasteiger partial charge < -0.3 is 11.1 Å². The predicted octanol–water partition coefficient (Wildman–Crippen LogP) is 3.56.